The van der Waals surface area contributed by atoms with Crippen molar-refractivity contribution in [3.8, 4) is 11.5 Å². The fourth-order valence-electron chi connectivity index (χ4n) is 2.93. The quantitative estimate of drug-likeness (QED) is 0.777. The number of benzene rings is 2. The lowest BCUT2D eigenvalue weighted by molar-refractivity contribution is 0.288. The summed E-state index contributed by atoms with van der Waals surface area (Å²) < 4.78 is 61.6. The van der Waals surface area contributed by atoms with Crippen LogP contribution in [0.3, 0.4) is 0 Å². The van der Waals surface area contributed by atoms with E-state index in [1.165, 1.54) is 13.2 Å². The summed E-state index contributed by atoms with van der Waals surface area (Å²) in [7, 11) is -1.85. The molecule has 26 heavy (non-hydrogen) atoms. The van der Waals surface area contributed by atoms with Gasteiger partial charge in [-0.2, -0.15) is 0 Å². The van der Waals surface area contributed by atoms with E-state index >= 15 is 0 Å². The monoisotopic (exact) mass is 383 g/mol. The highest BCUT2D eigenvalue weighted by molar-refractivity contribution is 7.91. The Bertz CT molecular complexity index is 902. The molecule has 1 N–H and O–H groups in total. The van der Waals surface area contributed by atoms with Crippen molar-refractivity contribution >= 4 is 9.84 Å². The standard InChI is InChI=1S/C18H19F2NO4S/c1-24-13-3-4-14-16(6-9-26(22,23)18(14)11-13)21-7-8-25-17-10-12(19)2-5-15(17)20/h2-5,10-11,16,21H,6-9H2,1H3. The lowest BCUT2D eigenvalue weighted by atomic mass is 10.0. The lowest BCUT2D eigenvalue weighted by Gasteiger charge is -2.26. The molecule has 1 heterocycles. The summed E-state index contributed by atoms with van der Waals surface area (Å²) in [6, 6.07) is 7.83. The predicted molar refractivity (Wildman–Crippen MR) is 92.3 cm³/mol. The van der Waals surface area contributed by atoms with E-state index in [1.807, 2.05) is 0 Å². The van der Waals surface area contributed by atoms with Gasteiger partial charge in [0.2, 0.25) is 0 Å². The van der Waals surface area contributed by atoms with E-state index < -0.39 is 21.5 Å². The van der Waals surface area contributed by atoms with E-state index in [1.54, 1.807) is 12.1 Å². The zero-order valence-electron chi connectivity index (χ0n) is 14.2. The van der Waals surface area contributed by atoms with Crippen LogP contribution in [0, 0.1) is 11.6 Å². The van der Waals surface area contributed by atoms with Crippen LogP contribution in [0.2, 0.25) is 0 Å². The molecular formula is C18H19F2NO4S. The molecule has 2 aromatic carbocycles. The first-order chi connectivity index (χ1) is 12.4. The van der Waals surface area contributed by atoms with Crippen LogP contribution >= 0.6 is 0 Å². The van der Waals surface area contributed by atoms with Crippen LogP contribution in [-0.4, -0.2) is 34.4 Å². The summed E-state index contributed by atoms with van der Waals surface area (Å²) in [5, 5.41) is 3.21. The molecule has 0 bridgehead atoms. The van der Waals surface area contributed by atoms with Gasteiger partial charge < -0.3 is 14.8 Å². The van der Waals surface area contributed by atoms with Crippen molar-refractivity contribution in [2.75, 3.05) is 26.0 Å². The van der Waals surface area contributed by atoms with Crippen LogP contribution in [0.15, 0.2) is 41.3 Å². The van der Waals surface area contributed by atoms with Gasteiger partial charge in [-0.3, -0.25) is 0 Å². The molecule has 5 nitrogen and oxygen atoms in total. The van der Waals surface area contributed by atoms with E-state index in [2.05, 4.69) is 5.32 Å². The Morgan fingerprint density at radius 2 is 2.00 bits per heavy atom. The second kappa shape index (κ2) is 7.59. The Hall–Kier alpha value is -2.19. The van der Waals surface area contributed by atoms with Crippen molar-refractivity contribution in [1.82, 2.24) is 5.32 Å². The Morgan fingerprint density at radius 1 is 1.19 bits per heavy atom. The second-order valence-electron chi connectivity index (χ2n) is 5.94. The summed E-state index contributed by atoms with van der Waals surface area (Å²) in [5.41, 5.74) is 0.675. The first kappa shape index (κ1) is 18.6. The molecule has 8 heteroatoms. The first-order valence-corrected chi connectivity index (χ1v) is 9.78. The van der Waals surface area contributed by atoms with Crippen molar-refractivity contribution in [3.63, 3.8) is 0 Å². The maximum absolute atomic E-state index is 13.5. The molecule has 0 fully saturated rings. The van der Waals surface area contributed by atoms with Crippen LogP contribution in [0.1, 0.15) is 18.0 Å². The van der Waals surface area contributed by atoms with Gasteiger partial charge in [-0.1, -0.05) is 6.07 Å². The van der Waals surface area contributed by atoms with Gasteiger partial charge >= 0.3 is 0 Å². The molecule has 0 amide bonds. The molecule has 0 aliphatic carbocycles. The molecule has 1 unspecified atom stereocenters. The predicted octanol–water partition coefficient (Wildman–Crippen LogP) is 2.86. The number of hydrogen-bond acceptors (Lipinski definition) is 5. The average Bonchev–Trinajstić information content (AvgIpc) is 2.63. The van der Waals surface area contributed by atoms with E-state index in [4.69, 9.17) is 9.47 Å². The molecule has 0 spiro atoms. The average molecular weight is 383 g/mol. The fraction of sp³-hybridized carbons (Fsp3) is 0.333. The van der Waals surface area contributed by atoms with Gasteiger partial charge in [0.1, 0.15) is 18.2 Å². The number of hydrogen-bond donors (Lipinski definition) is 1. The van der Waals surface area contributed by atoms with Gasteiger partial charge in [-0.15, -0.1) is 0 Å². The molecule has 0 aromatic heterocycles. The van der Waals surface area contributed by atoms with Crippen molar-refractivity contribution in [1.29, 1.82) is 0 Å². The molecular weight excluding hydrogens is 364 g/mol. The first-order valence-electron chi connectivity index (χ1n) is 8.12. The SMILES string of the molecule is COc1ccc2c(c1)S(=O)(=O)CCC2NCCOc1cc(F)ccc1F. The van der Waals surface area contributed by atoms with Crippen LogP contribution < -0.4 is 14.8 Å². The molecule has 1 atom stereocenters. The topological polar surface area (TPSA) is 64.6 Å². The molecule has 140 valence electrons. The summed E-state index contributed by atoms with van der Waals surface area (Å²) >= 11 is 0. The van der Waals surface area contributed by atoms with E-state index in [0.717, 1.165) is 18.2 Å². The van der Waals surface area contributed by atoms with E-state index in [9.17, 15) is 17.2 Å². The minimum absolute atomic E-state index is 0.0320. The zero-order chi connectivity index (χ0) is 18.7. The number of halogens is 2. The van der Waals surface area contributed by atoms with Gasteiger partial charge in [0, 0.05) is 18.7 Å². The molecule has 2 aromatic rings. The molecule has 1 aliphatic heterocycles. The second-order valence-corrected chi connectivity index (χ2v) is 8.02. The third-order valence-electron chi connectivity index (χ3n) is 4.25. The summed E-state index contributed by atoms with van der Waals surface area (Å²) in [6.07, 6.45) is 0.427. The lowest BCUT2D eigenvalue weighted by Crippen LogP contribution is -2.32. The number of fused-ring (bicyclic) bond motifs is 1. The number of nitrogens with one attached hydrogen (secondary N) is 1. The molecule has 3 rings (SSSR count). The van der Waals surface area contributed by atoms with Crippen LogP contribution in [0.4, 0.5) is 8.78 Å². The fourth-order valence-corrected chi connectivity index (χ4v) is 4.56. The van der Waals surface area contributed by atoms with Crippen LogP contribution in [-0.2, 0) is 9.84 Å². The normalized spacial score (nSPS) is 18.2. The van der Waals surface area contributed by atoms with Crippen molar-refractivity contribution in [2.45, 2.75) is 17.4 Å². The van der Waals surface area contributed by atoms with Gasteiger partial charge in [0.25, 0.3) is 0 Å². The largest absolute Gasteiger partial charge is 0.497 e. The van der Waals surface area contributed by atoms with Crippen LogP contribution in [0.5, 0.6) is 11.5 Å². The highest BCUT2D eigenvalue weighted by Gasteiger charge is 2.30. The zero-order valence-corrected chi connectivity index (χ0v) is 15.0. The Morgan fingerprint density at radius 3 is 2.77 bits per heavy atom. The maximum atomic E-state index is 13.5. The minimum atomic E-state index is -3.33. The van der Waals surface area contributed by atoms with E-state index in [0.29, 0.717) is 24.3 Å². The van der Waals surface area contributed by atoms with Gasteiger partial charge in [-0.05, 0) is 36.2 Å². The smallest absolute Gasteiger partial charge is 0.178 e. The Kier molecular flexibility index (Phi) is 5.43. The van der Waals surface area contributed by atoms with Gasteiger partial charge in [0.05, 0.1) is 17.8 Å². The third-order valence-corrected chi connectivity index (χ3v) is 6.05. The molecule has 0 saturated heterocycles. The maximum Gasteiger partial charge on any atom is 0.178 e. The van der Waals surface area contributed by atoms with Crippen molar-refractivity contribution in [2.24, 2.45) is 0 Å². The Balaban J connectivity index is 1.65. The number of ether oxygens (including phenoxy) is 2. The summed E-state index contributed by atoms with van der Waals surface area (Å²) in [5.74, 6) is -0.840. The van der Waals surface area contributed by atoms with Crippen LogP contribution in [0.25, 0.3) is 0 Å². The highest BCUT2D eigenvalue weighted by atomic mass is 32.2. The Labute approximate surface area is 150 Å². The minimum Gasteiger partial charge on any atom is -0.497 e. The highest BCUT2D eigenvalue weighted by Crippen LogP contribution is 2.34. The summed E-state index contributed by atoms with van der Waals surface area (Å²) in [4.78, 5) is 0.262. The van der Waals surface area contributed by atoms with Gasteiger partial charge in [-0.25, -0.2) is 17.2 Å². The number of rotatable bonds is 6. The van der Waals surface area contributed by atoms with Crippen molar-refractivity contribution < 1.29 is 26.7 Å². The molecule has 0 saturated carbocycles. The van der Waals surface area contributed by atoms with Gasteiger partial charge in [0.15, 0.2) is 21.4 Å². The van der Waals surface area contributed by atoms with E-state index in [-0.39, 0.29) is 29.0 Å². The third kappa shape index (κ3) is 3.96. The number of sulfone groups is 1. The molecule has 0 radical (unpaired) electrons. The number of methoxy groups -OCH3 is 1. The van der Waals surface area contributed by atoms with Crippen molar-refractivity contribution in [3.05, 3.63) is 53.6 Å². The molecule has 1 aliphatic rings. The summed E-state index contributed by atoms with van der Waals surface area (Å²) in [6.45, 7) is 0.473.